The first-order valence-corrected chi connectivity index (χ1v) is 7.45. The Kier molecular flexibility index (Phi) is 3.33. The van der Waals surface area contributed by atoms with Gasteiger partial charge >= 0.3 is 0 Å². The molecule has 0 bridgehead atoms. The maximum atomic E-state index is 11.5. The Morgan fingerprint density at radius 2 is 1.93 bits per heavy atom. The first-order valence-electron chi connectivity index (χ1n) is 5.80. The summed E-state index contributed by atoms with van der Waals surface area (Å²) in [4.78, 5) is 0. The highest BCUT2D eigenvalue weighted by atomic mass is 32.2. The van der Waals surface area contributed by atoms with E-state index < -0.39 is 10.0 Å². The summed E-state index contributed by atoms with van der Waals surface area (Å²) in [6.45, 7) is 0.414. The Hall–Kier alpha value is -0.130. The number of nitrogens with one attached hydrogen (secondary N) is 1. The van der Waals surface area contributed by atoms with Crippen molar-refractivity contribution >= 4 is 10.0 Å². The van der Waals surface area contributed by atoms with Gasteiger partial charge in [0.1, 0.15) is 0 Å². The summed E-state index contributed by atoms with van der Waals surface area (Å²) in [7, 11) is -3.07. The molecule has 1 unspecified atom stereocenters. The molecule has 4 nitrogen and oxygen atoms in total. The van der Waals surface area contributed by atoms with E-state index in [0.29, 0.717) is 18.4 Å². The van der Waals surface area contributed by atoms with E-state index in [4.69, 9.17) is 5.73 Å². The van der Waals surface area contributed by atoms with Gasteiger partial charge in [-0.2, -0.15) is 0 Å². The van der Waals surface area contributed by atoms with Crippen molar-refractivity contribution in [2.24, 2.45) is 17.6 Å². The van der Waals surface area contributed by atoms with Gasteiger partial charge in [-0.25, -0.2) is 13.1 Å². The molecule has 5 heteroatoms. The van der Waals surface area contributed by atoms with Gasteiger partial charge in [0.15, 0.2) is 0 Å². The fourth-order valence-electron chi connectivity index (χ4n) is 1.71. The molecule has 88 valence electrons. The largest absolute Gasteiger partial charge is 0.326 e. The molecule has 0 saturated heterocycles. The van der Waals surface area contributed by atoms with Crippen molar-refractivity contribution in [1.82, 2.24) is 4.72 Å². The highest BCUT2D eigenvalue weighted by molar-refractivity contribution is 7.89. The SMILES string of the molecule is NC(CNS(=O)(=O)CCC1CC1)C1CC1. The molecule has 0 radical (unpaired) electrons. The number of rotatable bonds is 7. The highest BCUT2D eigenvalue weighted by Gasteiger charge is 2.29. The van der Waals surface area contributed by atoms with Crippen LogP contribution in [0.1, 0.15) is 32.1 Å². The van der Waals surface area contributed by atoms with E-state index in [1.807, 2.05) is 0 Å². The van der Waals surface area contributed by atoms with Crippen LogP contribution >= 0.6 is 0 Å². The quantitative estimate of drug-likeness (QED) is 0.669. The second kappa shape index (κ2) is 4.39. The fraction of sp³-hybridized carbons (Fsp3) is 1.00. The molecule has 0 aromatic carbocycles. The van der Waals surface area contributed by atoms with Crippen molar-refractivity contribution in [1.29, 1.82) is 0 Å². The van der Waals surface area contributed by atoms with Crippen molar-refractivity contribution in [3.05, 3.63) is 0 Å². The number of hydrogen-bond acceptors (Lipinski definition) is 3. The van der Waals surface area contributed by atoms with Crippen molar-refractivity contribution < 1.29 is 8.42 Å². The van der Waals surface area contributed by atoms with Crippen LogP contribution in [0, 0.1) is 11.8 Å². The van der Waals surface area contributed by atoms with E-state index >= 15 is 0 Å². The topological polar surface area (TPSA) is 72.2 Å². The summed E-state index contributed by atoms with van der Waals surface area (Å²) >= 11 is 0. The molecule has 0 amide bonds. The van der Waals surface area contributed by atoms with Crippen molar-refractivity contribution in [3.63, 3.8) is 0 Å². The van der Waals surface area contributed by atoms with Gasteiger partial charge in [0.2, 0.25) is 10.0 Å². The average molecular weight is 232 g/mol. The molecule has 1 atom stereocenters. The van der Waals surface area contributed by atoms with Crippen molar-refractivity contribution in [2.45, 2.75) is 38.1 Å². The van der Waals surface area contributed by atoms with E-state index in [0.717, 1.165) is 19.3 Å². The maximum Gasteiger partial charge on any atom is 0.211 e. The summed E-state index contributed by atoms with van der Waals surface area (Å²) in [6.07, 6.45) is 5.54. The highest BCUT2D eigenvalue weighted by Crippen LogP contribution is 2.33. The molecule has 0 aliphatic heterocycles. The lowest BCUT2D eigenvalue weighted by Gasteiger charge is -2.11. The van der Waals surface area contributed by atoms with Crippen LogP contribution in [0.25, 0.3) is 0 Å². The van der Waals surface area contributed by atoms with Crippen LogP contribution in [0.3, 0.4) is 0 Å². The van der Waals surface area contributed by atoms with Crippen LogP contribution in [0.15, 0.2) is 0 Å². The first-order chi connectivity index (χ1) is 7.07. The lowest BCUT2D eigenvalue weighted by atomic mass is 10.2. The Bertz CT molecular complexity index is 307. The van der Waals surface area contributed by atoms with Gasteiger partial charge in [-0.3, -0.25) is 0 Å². The van der Waals surface area contributed by atoms with E-state index in [-0.39, 0.29) is 11.8 Å². The molecule has 0 aromatic heterocycles. The van der Waals surface area contributed by atoms with Crippen LogP contribution in [0.5, 0.6) is 0 Å². The van der Waals surface area contributed by atoms with E-state index in [9.17, 15) is 8.42 Å². The third-order valence-electron chi connectivity index (χ3n) is 3.26. The monoisotopic (exact) mass is 232 g/mol. The van der Waals surface area contributed by atoms with E-state index in [1.54, 1.807) is 0 Å². The van der Waals surface area contributed by atoms with Gasteiger partial charge in [-0.1, -0.05) is 12.8 Å². The molecule has 3 N–H and O–H groups in total. The van der Waals surface area contributed by atoms with Gasteiger partial charge in [-0.05, 0) is 31.1 Å². The van der Waals surface area contributed by atoms with Crippen molar-refractivity contribution in [3.8, 4) is 0 Å². The summed E-state index contributed by atoms with van der Waals surface area (Å²) in [6, 6.07) is 0.0145. The summed E-state index contributed by atoms with van der Waals surface area (Å²) in [5, 5.41) is 0. The zero-order valence-electron chi connectivity index (χ0n) is 8.98. The fourth-order valence-corrected chi connectivity index (χ4v) is 2.95. The second-order valence-corrected chi connectivity index (χ2v) is 6.83. The first kappa shape index (κ1) is 11.4. The lowest BCUT2D eigenvalue weighted by Crippen LogP contribution is -2.39. The third kappa shape index (κ3) is 4.09. The molecule has 0 spiro atoms. The number of sulfonamides is 1. The predicted molar refractivity (Wildman–Crippen MR) is 59.8 cm³/mol. The summed E-state index contributed by atoms with van der Waals surface area (Å²) in [5.41, 5.74) is 5.83. The molecular weight excluding hydrogens is 212 g/mol. The summed E-state index contributed by atoms with van der Waals surface area (Å²) in [5.74, 6) is 1.49. The molecule has 2 rings (SSSR count). The minimum atomic E-state index is -3.07. The zero-order valence-corrected chi connectivity index (χ0v) is 9.80. The lowest BCUT2D eigenvalue weighted by molar-refractivity contribution is 0.544. The maximum absolute atomic E-state index is 11.5. The van der Waals surface area contributed by atoms with Gasteiger partial charge < -0.3 is 5.73 Å². The molecule has 0 aromatic rings. The Labute approximate surface area is 91.7 Å². The number of nitrogens with two attached hydrogens (primary N) is 1. The van der Waals surface area contributed by atoms with E-state index in [2.05, 4.69) is 4.72 Å². The normalized spacial score (nSPS) is 24.1. The molecule has 2 fully saturated rings. The van der Waals surface area contributed by atoms with Crippen LogP contribution in [-0.2, 0) is 10.0 Å². The molecule has 2 aliphatic rings. The summed E-state index contributed by atoms with van der Waals surface area (Å²) < 4.78 is 25.7. The van der Waals surface area contributed by atoms with Gasteiger partial charge in [0.25, 0.3) is 0 Å². The molecular formula is C10H20N2O2S. The van der Waals surface area contributed by atoms with E-state index in [1.165, 1.54) is 12.8 Å². The third-order valence-corrected chi connectivity index (χ3v) is 4.64. The Balaban J connectivity index is 1.66. The molecule has 2 saturated carbocycles. The Morgan fingerprint density at radius 3 is 2.47 bits per heavy atom. The molecule has 2 aliphatic carbocycles. The molecule has 0 heterocycles. The molecule has 15 heavy (non-hydrogen) atoms. The second-order valence-electron chi connectivity index (χ2n) is 4.90. The van der Waals surface area contributed by atoms with Gasteiger partial charge in [0, 0.05) is 12.6 Å². The number of hydrogen-bond donors (Lipinski definition) is 2. The minimum Gasteiger partial charge on any atom is -0.326 e. The van der Waals surface area contributed by atoms with Gasteiger partial charge in [0.05, 0.1) is 5.75 Å². The van der Waals surface area contributed by atoms with Crippen LogP contribution in [-0.4, -0.2) is 26.8 Å². The smallest absolute Gasteiger partial charge is 0.211 e. The zero-order chi connectivity index (χ0) is 10.9. The standard InChI is InChI=1S/C10H20N2O2S/c11-10(9-3-4-9)7-12-15(13,14)6-5-8-1-2-8/h8-10,12H,1-7,11H2. The van der Waals surface area contributed by atoms with Crippen LogP contribution in [0.4, 0.5) is 0 Å². The van der Waals surface area contributed by atoms with Gasteiger partial charge in [-0.15, -0.1) is 0 Å². The van der Waals surface area contributed by atoms with Crippen LogP contribution in [0.2, 0.25) is 0 Å². The average Bonchev–Trinajstić information content (AvgIpc) is 3.04. The minimum absolute atomic E-state index is 0.0145. The predicted octanol–water partition coefficient (Wildman–Crippen LogP) is 0.443. The Morgan fingerprint density at radius 1 is 1.27 bits per heavy atom. The van der Waals surface area contributed by atoms with Crippen molar-refractivity contribution in [2.75, 3.05) is 12.3 Å². The van der Waals surface area contributed by atoms with Crippen LogP contribution < -0.4 is 10.5 Å².